The number of hydrogen-bond donors (Lipinski definition) is 0. The van der Waals surface area contributed by atoms with E-state index in [4.69, 9.17) is 4.74 Å². The molecule has 3 heteroatoms. The molecular formula is C9H11BrO2. The van der Waals surface area contributed by atoms with Gasteiger partial charge in [-0.1, -0.05) is 34.2 Å². The summed E-state index contributed by atoms with van der Waals surface area (Å²) in [6.07, 6.45) is 8.17. The van der Waals surface area contributed by atoms with E-state index >= 15 is 0 Å². The second-order valence-electron chi connectivity index (χ2n) is 2.59. The van der Waals surface area contributed by atoms with E-state index in [2.05, 4.69) is 22.0 Å². The maximum absolute atomic E-state index is 10.7. The number of alkyl halides is 1. The van der Waals surface area contributed by atoms with Crippen LogP contribution in [0.25, 0.3) is 0 Å². The summed E-state index contributed by atoms with van der Waals surface area (Å²) in [4.78, 5) is 10.7. The molecule has 66 valence electrons. The van der Waals surface area contributed by atoms with E-state index in [9.17, 15) is 4.79 Å². The van der Waals surface area contributed by atoms with Crippen LogP contribution in [0.1, 0.15) is 12.8 Å². The molecule has 1 aliphatic carbocycles. The molecule has 0 saturated heterocycles. The van der Waals surface area contributed by atoms with Gasteiger partial charge in [0.05, 0.1) is 0 Å². The summed E-state index contributed by atoms with van der Waals surface area (Å²) in [6.45, 7) is 0.439. The van der Waals surface area contributed by atoms with Gasteiger partial charge in [-0.2, -0.15) is 0 Å². The van der Waals surface area contributed by atoms with Crippen LogP contribution in [0.3, 0.4) is 0 Å². The summed E-state index contributed by atoms with van der Waals surface area (Å²) in [5, 5.41) is 0.274. The third-order valence-electron chi connectivity index (χ3n) is 1.63. The Balaban J connectivity index is 2.27. The average Bonchev–Trinajstić information content (AvgIpc) is 2.16. The quantitative estimate of drug-likeness (QED) is 0.549. The number of ether oxygens (including phenoxy) is 1. The smallest absolute Gasteiger partial charge is 0.316 e. The Morgan fingerprint density at radius 3 is 3.08 bits per heavy atom. The standard InChI is InChI=1S/C9H11BrO2/c10-6-9(11)12-7-8-4-2-1-3-5-8/h1-2,4H,3,5-7H2. The Kier molecular flexibility index (Phi) is 4.08. The number of hydrogen-bond acceptors (Lipinski definition) is 2. The van der Waals surface area contributed by atoms with E-state index in [0.717, 1.165) is 12.8 Å². The van der Waals surface area contributed by atoms with E-state index in [0.29, 0.717) is 6.61 Å². The van der Waals surface area contributed by atoms with Crippen molar-refractivity contribution < 1.29 is 9.53 Å². The van der Waals surface area contributed by atoms with E-state index in [1.165, 1.54) is 5.57 Å². The van der Waals surface area contributed by atoms with Crippen LogP contribution in [0.15, 0.2) is 23.8 Å². The number of allylic oxidation sites excluding steroid dienone is 3. The fourth-order valence-electron chi connectivity index (χ4n) is 0.984. The first kappa shape index (κ1) is 9.52. The first-order valence-electron chi connectivity index (χ1n) is 3.89. The van der Waals surface area contributed by atoms with E-state index < -0.39 is 0 Å². The SMILES string of the molecule is O=C(CBr)OCC1=CC=CCC1. The Bertz CT molecular complexity index is 219. The molecule has 2 nitrogen and oxygen atoms in total. The summed E-state index contributed by atoms with van der Waals surface area (Å²) in [7, 11) is 0. The zero-order chi connectivity index (χ0) is 8.81. The molecule has 0 saturated carbocycles. The Morgan fingerprint density at radius 1 is 1.67 bits per heavy atom. The van der Waals surface area contributed by atoms with E-state index in [-0.39, 0.29) is 11.3 Å². The predicted molar refractivity (Wildman–Crippen MR) is 51.2 cm³/mol. The zero-order valence-corrected chi connectivity index (χ0v) is 8.34. The van der Waals surface area contributed by atoms with Gasteiger partial charge in [-0.05, 0) is 18.4 Å². The normalized spacial score (nSPS) is 15.6. The van der Waals surface area contributed by atoms with Gasteiger partial charge in [0.25, 0.3) is 0 Å². The van der Waals surface area contributed by atoms with Crippen molar-refractivity contribution in [1.82, 2.24) is 0 Å². The highest BCUT2D eigenvalue weighted by Crippen LogP contribution is 2.11. The third kappa shape index (κ3) is 3.22. The molecule has 0 unspecified atom stereocenters. The molecule has 0 spiro atoms. The number of carbonyl (C=O) groups excluding carboxylic acids is 1. The lowest BCUT2D eigenvalue weighted by Crippen LogP contribution is -2.08. The molecule has 12 heavy (non-hydrogen) atoms. The Hall–Kier alpha value is -0.570. The van der Waals surface area contributed by atoms with Crippen LogP contribution in [0.2, 0.25) is 0 Å². The fraction of sp³-hybridized carbons (Fsp3) is 0.444. The molecule has 0 aliphatic heterocycles. The Labute approximate surface area is 80.4 Å². The van der Waals surface area contributed by atoms with Gasteiger partial charge >= 0.3 is 5.97 Å². The molecule has 0 aromatic heterocycles. The summed E-state index contributed by atoms with van der Waals surface area (Å²) in [5.41, 5.74) is 1.19. The maximum atomic E-state index is 10.7. The molecule has 0 radical (unpaired) electrons. The molecule has 0 aromatic carbocycles. The van der Waals surface area contributed by atoms with Gasteiger partial charge in [0.2, 0.25) is 0 Å². The van der Waals surface area contributed by atoms with Crippen molar-refractivity contribution in [2.24, 2.45) is 0 Å². The summed E-state index contributed by atoms with van der Waals surface area (Å²) in [5.74, 6) is -0.203. The second kappa shape index (κ2) is 5.14. The molecule has 0 heterocycles. The summed E-state index contributed by atoms with van der Waals surface area (Å²) in [6, 6.07) is 0. The van der Waals surface area contributed by atoms with Crippen LogP contribution < -0.4 is 0 Å². The third-order valence-corrected chi connectivity index (χ3v) is 2.09. The highest BCUT2D eigenvalue weighted by atomic mass is 79.9. The van der Waals surface area contributed by atoms with Crippen molar-refractivity contribution in [2.75, 3.05) is 11.9 Å². The number of esters is 1. The lowest BCUT2D eigenvalue weighted by atomic mass is 10.1. The van der Waals surface area contributed by atoms with Crippen molar-refractivity contribution >= 4 is 21.9 Å². The second-order valence-corrected chi connectivity index (χ2v) is 3.15. The topological polar surface area (TPSA) is 26.3 Å². The van der Waals surface area contributed by atoms with Gasteiger partial charge in [-0.3, -0.25) is 4.79 Å². The average molecular weight is 231 g/mol. The molecular weight excluding hydrogens is 220 g/mol. The van der Waals surface area contributed by atoms with Crippen molar-refractivity contribution in [3.8, 4) is 0 Å². The van der Waals surface area contributed by atoms with Crippen LogP contribution in [0.4, 0.5) is 0 Å². The predicted octanol–water partition coefficient (Wildman–Crippen LogP) is 2.20. The molecule has 0 amide bonds. The van der Waals surface area contributed by atoms with Crippen LogP contribution in [0.5, 0.6) is 0 Å². The molecule has 0 bridgehead atoms. The van der Waals surface area contributed by atoms with Crippen LogP contribution in [0, 0.1) is 0 Å². The van der Waals surface area contributed by atoms with Gasteiger partial charge in [0, 0.05) is 0 Å². The monoisotopic (exact) mass is 230 g/mol. The van der Waals surface area contributed by atoms with Gasteiger partial charge in [0.15, 0.2) is 0 Å². The number of rotatable bonds is 3. The van der Waals surface area contributed by atoms with Gasteiger partial charge in [-0.25, -0.2) is 0 Å². The van der Waals surface area contributed by atoms with Crippen LogP contribution in [-0.2, 0) is 9.53 Å². The lowest BCUT2D eigenvalue weighted by molar-refractivity contribution is -0.139. The largest absolute Gasteiger partial charge is 0.461 e. The number of halogens is 1. The molecule has 0 N–H and O–H groups in total. The van der Waals surface area contributed by atoms with Gasteiger partial charge < -0.3 is 4.74 Å². The molecule has 1 aliphatic rings. The molecule has 0 atom stereocenters. The number of carbonyl (C=O) groups is 1. The first-order valence-corrected chi connectivity index (χ1v) is 5.01. The molecule has 0 aromatic rings. The minimum atomic E-state index is -0.203. The van der Waals surface area contributed by atoms with Gasteiger partial charge in [0.1, 0.15) is 11.9 Å². The maximum Gasteiger partial charge on any atom is 0.316 e. The van der Waals surface area contributed by atoms with Crippen molar-refractivity contribution in [2.45, 2.75) is 12.8 Å². The molecule has 0 fully saturated rings. The first-order chi connectivity index (χ1) is 5.83. The summed E-state index contributed by atoms with van der Waals surface area (Å²) < 4.78 is 4.94. The summed E-state index contributed by atoms with van der Waals surface area (Å²) >= 11 is 3.03. The van der Waals surface area contributed by atoms with Crippen molar-refractivity contribution in [3.63, 3.8) is 0 Å². The Morgan fingerprint density at radius 2 is 2.50 bits per heavy atom. The van der Waals surface area contributed by atoms with Crippen molar-refractivity contribution in [3.05, 3.63) is 23.8 Å². The zero-order valence-electron chi connectivity index (χ0n) is 6.75. The van der Waals surface area contributed by atoms with Crippen LogP contribution in [-0.4, -0.2) is 17.9 Å². The van der Waals surface area contributed by atoms with E-state index in [1.807, 2.05) is 12.2 Å². The fourth-order valence-corrected chi connectivity index (χ4v) is 1.15. The minimum Gasteiger partial charge on any atom is -0.461 e. The van der Waals surface area contributed by atoms with E-state index in [1.54, 1.807) is 0 Å². The lowest BCUT2D eigenvalue weighted by Gasteiger charge is -2.08. The highest BCUT2D eigenvalue weighted by molar-refractivity contribution is 9.09. The van der Waals surface area contributed by atoms with Crippen LogP contribution >= 0.6 is 15.9 Å². The highest BCUT2D eigenvalue weighted by Gasteiger charge is 2.03. The van der Waals surface area contributed by atoms with Gasteiger partial charge in [-0.15, -0.1) is 0 Å². The van der Waals surface area contributed by atoms with Crippen molar-refractivity contribution in [1.29, 1.82) is 0 Å². The minimum absolute atomic E-state index is 0.203. The molecule has 1 rings (SSSR count).